The van der Waals surface area contributed by atoms with Crippen LogP contribution in [0.1, 0.15) is 51.4 Å². The van der Waals surface area contributed by atoms with Crippen LogP contribution in [0.5, 0.6) is 0 Å². The number of aliphatic carboxylic acids is 1. The molecule has 4 heteroatoms. The Balaban J connectivity index is 1.83. The number of carboxylic acids is 1. The Hall–Kier alpha value is -0.610. The zero-order chi connectivity index (χ0) is 13.7. The van der Waals surface area contributed by atoms with Crippen LogP contribution < -0.4 is 5.32 Å². The average molecular weight is 269 g/mol. The monoisotopic (exact) mass is 269 g/mol. The topological polar surface area (TPSA) is 58.6 Å². The van der Waals surface area contributed by atoms with Crippen LogP contribution in [0.2, 0.25) is 0 Å². The fraction of sp³-hybridized carbons (Fsp3) is 0.933. The van der Waals surface area contributed by atoms with Gasteiger partial charge in [-0.15, -0.1) is 0 Å². The van der Waals surface area contributed by atoms with E-state index in [1.807, 2.05) is 0 Å². The van der Waals surface area contributed by atoms with Gasteiger partial charge >= 0.3 is 5.97 Å². The van der Waals surface area contributed by atoms with Gasteiger partial charge in [0.1, 0.15) is 0 Å². The molecule has 2 rings (SSSR count). The zero-order valence-corrected chi connectivity index (χ0v) is 11.9. The largest absolute Gasteiger partial charge is 0.481 e. The van der Waals surface area contributed by atoms with E-state index in [1.165, 1.54) is 19.3 Å². The molecule has 0 radical (unpaired) electrons. The number of rotatable bonds is 5. The highest BCUT2D eigenvalue weighted by molar-refractivity contribution is 5.70. The van der Waals surface area contributed by atoms with Crippen molar-refractivity contribution in [1.82, 2.24) is 5.32 Å². The van der Waals surface area contributed by atoms with Crippen LogP contribution in [0.25, 0.3) is 0 Å². The smallest absolute Gasteiger partial charge is 0.306 e. The van der Waals surface area contributed by atoms with Gasteiger partial charge in [0.2, 0.25) is 0 Å². The lowest BCUT2D eigenvalue weighted by molar-refractivity contribution is -0.144. The van der Waals surface area contributed by atoms with E-state index in [-0.39, 0.29) is 5.92 Å². The van der Waals surface area contributed by atoms with Crippen molar-refractivity contribution in [3.63, 3.8) is 0 Å². The summed E-state index contributed by atoms with van der Waals surface area (Å²) in [6.07, 6.45) is 9.23. The molecular formula is C15H27NO3. The van der Waals surface area contributed by atoms with Crippen molar-refractivity contribution in [2.75, 3.05) is 13.7 Å². The van der Waals surface area contributed by atoms with Gasteiger partial charge in [-0.25, -0.2) is 0 Å². The molecule has 2 saturated carbocycles. The van der Waals surface area contributed by atoms with Crippen LogP contribution in [0.15, 0.2) is 0 Å². The average Bonchev–Trinajstić information content (AvgIpc) is 2.45. The summed E-state index contributed by atoms with van der Waals surface area (Å²) >= 11 is 0. The highest BCUT2D eigenvalue weighted by atomic mass is 16.5. The number of ether oxygens (including phenoxy) is 1. The van der Waals surface area contributed by atoms with Gasteiger partial charge in [-0.05, 0) is 38.1 Å². The molecule has 0 aromatic carbocycles. The maximum absolute atomic E-state index is 11.3. The minimum atomic E-state index is -0.613. The summed E-state index contributed by atoms with van der Waals surface area (Å²) in [6, 6.07) is 0.412. The Morgan fingerprint density at radius 3 is 2.58 bits per heavy atom. The lowest BCUT2D eigenvalue weighted by atomic mass is 9.79. The molecule has 0 amide bonds. The van der Waals surface area contributed by atoms with Crippen LogP contribution >= 0.6 is 0 Å². The van der Waals surface area contributed by atoms with Gasteiger partial charge in [0, 0.05) is 13.2 Å². The van der Waals surface area contributed by atoms with Crippen LogP contribution in [0.3, 0.4) is 0 Å². The van der Waals surface area contributed by atoms with E-state index in [4.69, 9.17) is 4.74 Å². The van der Waals surface area contributed by atoms with Crippen molar-refractivity contribution in [2.24, 2.45) is 11.8 Å². The fourth-order valence-electron chi connectivity index (χ4n) is 3.69. The van der Waals surface area contributed by atoms with Gasteiger partial charge in [-0.3, -0.25) is 4.79 Å². The molecule has 4 nitrogen and oxygen atoms in total. The van der Waals surface area contributed by atoms with Crippen LogP contribution in [-0.2, 0) is 9.53 Å². The number of nitrogens with one attached hydrogen (secondary N) is 1. The molecule has 2 aliphatic rings. The minimum Gasteiger partial charge on any atom is -0.481 e. The van der Waals surface area contributed by atoms with Crippen molar-refractivity contribution in [3.05, 3.63) is 0 Å². The molecular weight excluding hydrogens is 242 g/mol. The van der Waals surface area contributed by atoms with Gasteiger partial charge < -0.3 is 15.2 Å². The second kappa shape index (κ2) is 7.25. The van der Waals surface area contributed by atoms with Gasteiger partial charge in [0.15, 0.2) is 0 Å². The molecule has 0 aromatic heterocycles. The highest BCUT2D eigenvalue weighted by Gasteiger charge is 2.32. The molecule has 0 bridgehead atoms. The van der Waals surface area contributed by atoms with Crippen molar-refractivity contribution in [2.45, 2.75) is 63.5 Å². The Morgan fingerprint density at radius 2 is 1.84 bits per heavy atom. The van der Waals surface area contributed by atoms with Crippen molar-refractivity contribution >= 4 is 5.97 Å². The van der Waals surface area contributed by atoms with E-state index in [0.717, 1.165) is 38.6 Å². The van der Waals surface area contributed by atoms with Gasteiger partial charge in [-0.2, -0.15) is 0 Å². The lowest BCUT2D eigenvalue weighted by Crippen LogP contribution is -2.46. The molecule has 19 heavy (non-hydrogen) atoms. The first-order valence-corrected chi connectivity index (χ1v) is 7.71. The van der Waals surface area contributed by atoms with Crippen LogP contribution in [-0.4, -0.2) is 36.9 Å². The second-order valence-electron chi connectivity index (χ2n) is 6.06. The van der Waals surface area contributed by atoms with E-state index in [1.54, 1.807) is 7.11 Å². The summed E-state index contributed by atoms with van der Waals surface area (Å²) in [6.45, 7) is 0.835. The Labute approximate surface area is 115 Å². The molecule has 2 aliphatic carbocycles. The second-order valence-corrected chi connectivity index (χ2v) is 6.06. The highest BCUT2D eigenvalue weighted by Crippen LogP contribution is 2.30. The minimum absolute atomic E-state index is 0.147. The number of hydrogen-bond acceptors (Lipinski definition) is 3. The summed E-state index contributed by atoms with van der Waals surface area (Å²) in [4.78, 5) is 11.3. The molecule has 4 atom stereocenters. The van der Waals surface area contributed by atoms with Crippen LogP contribution in [0, 0.1) is 11.8 Å². The summed E-state index contributed by atoms with van der Waals surface area (Å²) < 4.78 is 5.54. The standard InChI is InChI=1S/C15H27NO3/c1-19-14-9-5-4-8-13(14)16-10-11-6-2-3-7-12(11)15(17)18/h11-14,16H,2-10H2,1H3,(H,17,18). The summed E-state index contributed by atoms with van der Waals surface area (Å²) in [5.74, 6) is -0.463. The number of methoxy groups -OCH3 is 1. The molecule has 2 fully saturated rings. The van der Waals surface area contributed by atoms with Crippen molar-refractivity contribution in [3.8, 4) is 0 Å². The van der Waals surface area contributed by atoms with Crippen molar-refractivity contribution < 1.29 is 14.6 Å². The van der Waals surface area contributed by atoms with Gasteiger partial charge in [0.25, 0.3) is 0 Å². The van der Waals surface area contributed by atoms with E-state index >= 15 is 0 Å². The molecule has 4 unspecified atom stereocenters. The Bertz CT molecular complexity index is 295. The van der Waals surface area contributed by atoms with E-state index in [0.29, 0.717) is 18.1 Å². The molecule has 2 N–H and O–H groups in total. The van der Waals surface area contributed by atoms with Crippen LogP contribution in [0.4, 0.5) is 0 Å². The number of carbonyl (C=O) groups is 1. The fourth-order valence-corrected chi connectivity index (χ4v) is 3.69. The molecule has 0 saturated heterocycles. The predicted octanol–water partition coefficient (Wildman–Crippen LogP) is 2.42. The normalized spacial score (nSPS) is 36.1. The molecule has 110 valence electrons. The summed E-state index contributed by atoms with van der Waals surface area (Å²) in [5, 5.41) is 12.9. The third-order valence-electron chi connectivity index (χ3n) is 4.87. The first-order valence-electron chi connectivity index (χ1n) is 7.71. The number of hydrogen-bond donors (Lipinski definition) is 2. The molecule has 0 heterocycles. The number of carboxylic acid groups (broad SMARTS) is 1. The predicted molar refractivity (Wildman–Crippen MR) is 74.1 cm³/mol. The van der Waals surface area contributed by atoms with E-state index < -0.39 is 5.97 Å². The van der Waals surface area contributed by atoms with Gasteiger partial charge in [0.05, 0.1) is 12.0 Å². The van der Waals surface area contributed by atoms with E-state index in [9.17, 15) is 9.90 Å². The van der Waals surface area contributed by atoms with Crippen molar-refractivity contribution in [1.29, 1.82) is 0 Å². The quantitative estimate of drug-likeness (QED) is 0.805. The zero-order valence-electron chi connectivity index (χ0n) is 11.9. The van der Waals surface area contributed by atoms with Gasteiger partial charge in [-0.1, -0.05) is 25.7 Å². The maximum atomic E-state index is 11.3. The molecule has 0 aliphatic heterocycles. The van der Waals surface area contributed by atoms with E-state index in [2.05, 4.69) is 5.32 Å². The maximum Gasteiger partial charge on any atom is 0.306 e. The SMILES string of the molecule is COC1CCCCC1NCC1CCCCC1C(=O)O. The lowest BCUT2D eigenvalue weighted by Gasteiger charge is -2.34. The Morgan fingerprint density at radius 1 is 1.16 bits per heavy atom. The molecule has 0 spiro atoms. The summed E-state index contributed by atoms with van der Waals surface area (Å²) in [5.41, 5.74) is 0. The first-order chi connectivity index (χ1) is 9.22. The third kappa shape index (κ3) is 3.93. The molecule has 0 aromatic rings. The first kappa shape index (κ1) is 14.8. The Kier molecular flexibility index (Phi) is 5.64. The third-order valence-corrected chi connectivity index (χ3v) is 4.87. The summed E-state index contributed by atoms with van der Waals surface area (Å²) in [7, 11) is 1.78.